The molecule has 9 heteroatoms. The van der Waals surface area contributed by atoms with Gasteiger partial charge in [0, 0.05) is 23.6 Å². The summed E-state index contributed by atoms with van der Waals surface area (Å²) in [4.78, 5) is 19.4. The van der Waals surface area contributed by atoms with E-state index in [2.05, 4.69) is 20.6 Å². The van der Waals surface area contributed by atoms with Crippen LogP contribution in [0.2, 0.25) is 5.02 Å². The van der Waals surface area contributed by atoms with E-state index in [1.54, 1.807) is 25.3 Å². The number of fused-ring (bicyclic) bond motifs is 1. The largest absolute Gasteiger partial charge is 0.496 e. The lowest BCUT2D eigenvalue weighted by Gasteiger charge is -2.14. The van der Waals surface area contributed by atoms with Crippen molar-refractivity contribution in [3.8, 4) is 5.75 Å². The fourth-order valence-corrected chi connectivity index (χ4v) is 2.78. The highest BCUT2D eigenvalue weighted by atomic mass is 35.5. The maximum atomic E-state index is 14.2. The van der Waals surface area contributed by atoms with Crippen molar-refractivity contribution in [2.75, 3.05) is 19.0 Å². The normalized spacial score (nSPS) is 10.8. The van der Waals surface area contributed by atoms with Crippen LogP contribution in [0, 0.1) is 5.82 Å². The van der Waals surface area contributed by atoms with Crippen LogP contribution in [0.1, 0.15) is 5.56 Å². The predicted molar refractivity (Wildman–Crippen MR) is 102 cm³/mol. The zero-order valence-corrected chi connectivity index (χ0v) is 15.2. The third-order valence-electron chi connectivity index (χ3n) is 3.86. The first-order chi connectivity index (χ1) is 13.0. The molecule has 0 saturated carbocycles. The van der Waals surface area contributed by atoms with Gasteiger partial charge in [0.15, 0.2) is 5.82 Å². The van der Waals surface area contributed by atoms with E-state index in [1.165, 1.54) is 12.4 Å². The average molecular weight is 390 g/mol. The minimum atomic E-state index is -0.567. The fraction of sp³-hybridized carbons (Fsp3) is 0.167. The Morgan fingerprint density at radius 2 is 2.15 bits per heavy atom. The Bertz CT molecular complexity index is 999. The Hall–Kier alpha value is -2.97. The molecule has 3 rings (SSSR count). The second-order valence-corrected chi connectivity index (χ2v) is 6.11. The lowest BCUT2D eigenvalue weighted by molar-refractivity contribution is -0.117. The smallest absolute Gasteiger partial charge is 0.231 e. The van der Waals surface area contributed by atoms with Crippen LogP contribution < -0.4 is 21.1 Å². The first kappa shape index (κ1) is 18.8. The Labute approximate surface area is 159 Å². The molecule has 0 atom stereocenters. The van der Waals surface area contributed by atoms with Gasteiger partial charge in [0.2, 0.25) is 5.91 Å². The number of halogens is 2. The number of nitrogens with two attached hydrogens (primary N) is 1. The van der Waals surface area contributed by atoms with Gasteiger partial charge in [-0.3, -0.25) is 4.79 Å². The summed E-state index contributed by atoms with van der Waals surface area (Å²) in [5.74, 6) is -0.0160. The average Bonchev–Trinajstić information content (AvgIpc) is 2.65. The highest BCUT2D eigenvalue weighted by Crippen LogP contribution is 2.31. The van der Waals surface area contributed by atoms with Gasteiger partial charge in [-0.05, 0) is 18.2 Å². The molecular weight excluding hydrogens is 373 g/mol. The molecule has 2 aromatic carbocycles. The van der Waals surface area contributed by atoms with Gasteiger partial charge >= 0.3 is 0 Å². The number of nitrogens with one attached hydrogen (secondary N) is 2. The third kappa shape index (κ3) is 4.24. The van der Waals surface area contributed by atoms with Crippen LogP contribution in [0.5, 0.6) is 5.75 Å². The van der Waals surface area contributed by atoms with Crippen molar-refractivity contribution in [2.45, 2.75) is 6.54 Å². The van der Waals surface area contributed by atoms with Crippen molar-refractivity contribution in [3.63, 3.8) is 0 Å². The van der Waals surface area contributed by atoms with Crippen LogP contribution in [0.4, 0.5) is 15.9 Å². The number of nitrogens with zero attached hydrogens (tertiary/aromatic N) is 2. The standard InChI is InChI=1S/C18H17ClFN5O2/c1-27-15-6-14-11(5-10(15)7-22-8-16(21)26)18(24-9-23-14)25-13-4-2-3-12(19)17(13)20/h2-6,9,22H,7-8H2,1H3,(H2,21,26)(H,23,24,25). The molecule has 0 aliphatic carbocycles. The molecule has 0 aliphatic heterocycles. The molecule has 0 saturated heterocycles. The van der Waals surface area contributed by atoms with Crippen molar-refractivity contribution in [2.24, 2.45) is 5.73 Å². The number of aromatic nitrogens is 2. The molecule has 27 heavy (non-hydrogen) atoms. The molecule has 0 aliphatic rings. The van der Waals surface area contributed by atoms with Crippen molar-refractivity contribution in [1.29, 1.82) is 0 Å². The van der Waals surface area contributed by atoms with Crippen molar-refractivity contribution < 1.29 is 13.9 Å². The topological polar surface area (TPSA) is 102 Å². The number of anilines is 2. The van der Waals surface area contributed by atoms with E-state index in [1.807, 2.05) is 6.07 Å². The predicted octanol–water partition coefficient (Wildman–Crippen LogP) is 2.75. The fourth-order valence-electron chi connectivity index (χ4n) is 2.60. The summed E-state index contributed by atoms with van der Waals surface area (Å²) in [6, 6.07) is 8.23. The second-order valence-electron chi connectivity index (χ2n) is 5.70. The zero-order valence-electron chi connectivity index (χ0n) is 14.4. The van der Waals surface area contributed by atoms with Crippen LogP contribution in [-0.2, 0) is 11.3 Å². The van der Waals surface area contributed by atoms with Gasteiger partial charge in [-0.2, -0.15) is 0 Å². The van der Waals surface area contributed by atoms with E-state index in [-0.39, 0.29) is 17.3 Å². The van der Waals surface area contributed by atoms with E-state index in [4.69, 9.17) is 22.1 Å². The Kier molecular flexibility index (Phi) is 5.68. The Morgan fingerprint density at radius 1 is 1.33 bits per heavy atom. The zero-order chi connectivity index (χ0) is 19.4. The molecule has 4 N–H and O–H groups in total. The summed E-state index contributed by atoms with van der Waals surface area (Å²) in [5.41, 5.74) is 6.74. The molecule has 0 radical (unpaired) electrons. The molecular formula is C18H17ClFN5O2. The number of amides is 1. The number of carbonyl (C=O) groups is 1. The first-order valence-electron chi connectivity index (χ1n) is 8.01. The molecule has 0 unspecified atom stereocenters. The van der Waals surface area contributed by atoms with Crippen LogP contribution in [-0.4, -0.2) is 29.5 Å². The quantitative estimate of drug-likeness (QED) is 0.574. The maximum Gasteiger partial charge on any atom is 0.231 e. The van der Waals surface area contributed by atoms with Crippen LogP contribution >= 0.6 is 11.6 Å². The van der Waals surface area contributed by atoms with Gasteiger partial charge < -0.3 is 21.1 Å². The number of hydrogen-bond acceptors (Lipinski definition) is 6. The summed E-state index contributed by atoms with van der Waals surface area (Å²) in [7, 11) is 1.54. The van der Waals surface area contributed by atoms with Gasteiger partial charge in [-0.25, -0.2) is 14.4 Å². The molecule has 0 spiro atoms. The molecule has 140 valence electrons. The number of methoxy groups -OCH3 is 1. The van der Waals surface area contributed by atoms with Crippen LogP contribution in [0.3, 0.4) is 0 Å². The number of carbonyl (C=O) groups excluding carboxylic acids is 1. The third-order valence-corrected chi connectivity index (χ3v) is 4.15. The highest BCUT2D eigenvalue weighted by Gasteiger charge is 2.13. The molecule has 3 aromatic rings. The molecule has 0 fully saturated rings. The molecule has 0 bridgehead atoms. The SMILES string of the molecule is COc1cc2ncnc(Nc3cccc(Cl)c3F)c2cc1CNCC(N)=O. The molecule has 1 heterocycles. The van der Waals surface area contributed by atoms with Gasteiger partial charge in [0.1, 0.15) is 17.9 Å². The van der Waals surface area contributed by atoms with E-state index >= 15 is 0 Å². The van der Waals surface area contributed by atoms with Crippen molar-refractivity contribution >= 4 is 39.9 Å². The molecule has 1 amide bonds. The minimum Gasteiger partial charge on any atom is -0.496 e. The number of primary amides is 1. The summed E-state index contributed by atoms with van der Waals surface area (Å²) >= 11 is 5.84. The van der Waals surface area contributed by atoms with Crippen LogP contribution in [0.15, 0.2) is 36.7 Å². The monoisotopic (exact) mass is 389 g/mol. The summed E-state index contributed by atoms with van der Waals surface area (Å²) in [6.07, 6.45) is 1.37. The molecule has 7 nitrogen and oxygen atoms in total. The lowest BCUT2D eigenvalue weighted by atomic mass is 10.1. The molecule has 1 aromatic heterocycles. The van der Waals surface area contributed by atoms with Crippen LogP contribution in [0.25, 0.3) is 10.9 Å². The van der Waals surface area contributed by atoms with Gasteiger partial charge in [-0.1, -0.05) is 17.7 Å². The van der Waals surface area contributed by atoms with Gasteiger partial charge in [0.25, 0.3) is 0 Å². The number of ether oxygens (including phenoxy) is 1. The lowest BCUT2D eigenvalue weighted by Crippen LogP contribution is -2.28. The summed E-state index contributed by atoms with van der Waals surface area (Å²) in [5, 5.41) is 6.55. The maximum absolute atomic E-state index is 14.2. The first-order valence-corrected chi connectivity index (χ1v) is 8.39. The second kappa shape index (κ2) is 8.15. The number of hydrogen-bond donors (Lipinski definition) is 3. The van der Waals surface area contributed by atoms with E-state index in [9.17, 15) is 9.18 Å². The summed E-state index contributed by atoms with van der Waals surface area (Å²) < 4.78 is 19.6. The Morgan fingerprint density at radius 3 is 2.89 bits per heavy atom. The minimum absolute atomic E-state index is 0.0105. The highest BCUT2D eigenvalue weighted by molar-refractivity contribution is 6.31. The number of benzene rings is 2. The van der Waals surface area contributed by atoms with E-state index < -0.39 is 11.7 Å². The number of rotatable bonds is 7. The van der Waals surface area contributed by atoms with Gasteiger partial charge in [-0.15, -0.1) is 0 Å². The van der Waals surface area contributed by atoms with E-state index in [0.29, 0.717) is 29.0 Å². The van der Waals surface area contributed by atoms with Crippen molar-refractivity contribution in [1.82, 2.24) is 15.3 Å². The van der Waals surface area contributed by atoms with Crippen molar-refractivity contribution in [3.05, 3.63) is 53.1 Å². The summed E-state index contributed by atoms with van der Waals surface area (Å²) in [6.45, 7) is 0.382. The van der Waals surface area contributed by atoms with E-state index in [0.717, 1.165) is 5.56 Å². The van der Waals surface area contributed by atoms with Gasteiger partial charge in [0.05, 0.1) is 29.9 Å². The Balaban J connectivity index is 2.00.